The molecule has 0 aliphatic heterocycles. The summed E-state index contributed by atoms with van der Waals surface area (Å²) in [5, 5.41) is 1.28. The molecule has 158 valence electrons. The first-order chi connectivity index (χ1) is 14.9. The average Bonchev–Trinajstić information content (AvgIpc) is 2.78. The topological polar surface area (TPSA) is 68.3 Å². The number of aryl methyl sites for hydroxylation is 1. The highest BCUT2D eigenvalue weighted by Crippen LogP contribution is 2.33. The first-order valence-corrected chi connectivity index (χ1v) is 11.5. The minimum Gasteiger partial charge on any atom is -0.497 e. The van der Waals surface area contributed by atoms with E-state index in [2.05, 4.69) is 9.71 Å². The number of pyridine rings is 1. The third-order valence-electron chi connectivity index (χ3n) is 5.17. The Hall–Kier alpha value is -2.93. The fraction of sp³-hybridized carbons (Fsp3) is 0.125. The number of sulfonamides is 1. The highest BCUT2D eigenvalue weighted by Gasteiger charge is 2.17. The van der Waals surface area contributed by atoms with Crippen molar-refractivity contribution in [1.29, 1.82) is 0 Å². The molecule has 3 aromatic carbocycles. The summed E-state index contributed by atoms with van der Waals surface area (Å²) in [5.74, 6) is 0.754. The number of aromatic nitrogens is 1. The van der Waals surface area contributed by atoms with Gasteiger partial charge in [0, 0.05) is 28.7 Å². The van der Waals surface area contributed by atoms with Crippen molar-refractivity contribution >= 4 is 32.5 Å². The first kappa shape index (κ1) is 21.3. The van der Waals surface area contributed by atoms with Gasteiger partial charge >= 0.3 is 0 Å². The Balaban J connectivity index is 1.59. The van der Waals surface area contributed by atoms with E-state index in [0.29, 0.717) is 5.02 Å². The highest BCUT2D eigenvalue weighted by molar-refractivity contribution is 7.89. The normalized spacial score (nSPS) is 11.6. The van der Waals surface area contributed by atoms with Gasteiger partial charge in [-0.25, -0.2) is 13.1 Å². The number of hydrogen-bond donors (Lipinski definition) is 1. The summed E-state index contributed by atoms with van der Waals surface area (Å²) in [4.78, 5) is 4.43. The molecule has 1 aromatic heterocycles. The molecule has 0 spiro atoms. The van der Waals surface area contributed by atoms with Crippen molar-refractivity contribution in [3.05, 3.63) is 89.1 Å². The molecule has 0 saturated heterocycles. The van der Waals surface area contributed by atoms with E-state index in [1.165, 1.54) is 6.07 Å². The quantitative estimate of drug-likeness (QED) is 0.428. The van der Waals surface area contributed by atoms with E-state index in [-0.39, 0.29) is 11.4 Å². The minimum atomic E-state index is -3.74. The molecule has 0 fully saturated rings. The Kier molecular flexibility index (Phi) is 5.96. The zero-order valence-corrected chi connectivity index (χ0v) is 18.7. The van der Waals surface area contributed by atoms with Gasteiger partial charge in [-0.15, -0.1) is 0 Å². The lowest BCUT2D eigenvalue weighted by molar-refractivity contribution is 0.414. The van der Waals surface area contributed by atoms with Crippen LogP contribution in [-0.4, -0.2) is 20.5 Å². The van der Waals surface area contributed by atoms with Crippen LogP contribution in [-0.2, 0) is 16.6 Å². The summed E-state index contributed by atoms with van der Waals surface area (Å²) in [7, 11) is -2.13. The molecule has 0 bridgehead atoms. The zero-order chi connectivity index (χ0) is 22.0. The molecule has 31 heavy (non-hydrogen) atoms. The van der Waals surface area contributed by atoms with Crippen molar-refractivity contribution in [2.24, 2.45) is 0 Å². The van der Waals surface area contributed by atoms with Crippen molar-refractivity contribution in [1.82, 2.24) is 9.71 Å². The lowest BCUT2D eigenvalue weighted by Gasteiger charge is -2.13. The van der Waals surface area contributed by atoms with Crippen molar-refractivity contribution in [2.75, 3.05) is 7.11 Å². The molecule has 0 aliphatic rings. The number of fused-ring (bicyclic) bond motifs is 1. The third-order valence-corrected chi connectivity index (χ3v) is 6.88. The predicted molar refractivity (Wildman–Crippen MR) is 124 cm³/mol. The Morgan fingerprint density at radius 3 is 2.52 bits per heavy atom. The standard InChI is InChI=1S/C24H21ClN2O3S/c1-16-13-18(30-2)7-9-20(16)22-10-8-19(14-23(22)25)31(28,29)27-15-17-11-12-26-24-6-4-3-5-21(17)24/h3-14,27H,15H2,1-2H3. The maximum atomic E-state index is 12.9. The first-order valence-electron chi connectivity index (χ1n) is 9.66. The second kappa shape index (κ2) is 8.67. The van der Waals surface area contributed by atoms with Gasteiger partial charge in [-0.1, -0.05) is 41.9 Å². The van der Waals surface area contributed by atoms with Crippen molar-refractivity contribution in [2.45, 2.75) is 18.4 Å². The van der Waals surface area contributed by atoms with Crippen molar-refractivity contribution < 1.29 is 13.2 Å². The molecule has 1 heterocycles. The molecule has 4 rings (SSSR count). The van der Waals surface area contributed by atoms with Crippen LogP contribution in [0, 0.1) is 6.92 Å². The van der Waals surface area contributed by atoms with Gasteiger partial charge in [0.2, 0.25) is 10.0 Å². The van der Waals surface area contributed by atoms with E-state index in [0.717, 1.165) is 38.9 Å². The maximum Gasteiger partial charge on any atom is 0.240 e. The van der Waals surface area contributed by atoms with E-state index in [4.69, 9.17) is 16.3 Å². The van der Waals surface area contributed by atoms with Crippen LogP contribution >= 0.6 is 11.6 Å². The number of halogens is 1. The third kappa shape index (κ3) is 4.42. The molecule has 1 N–H and O–H groups in total. The minimum absolute atomic E-state index is 0.116. The van der Waals surface area contributed by atoms with Crippen LogP contribution in [0.25, 0.3) is 22.0 Å². The molecule has 0 saturated carbocycles. The van der Waals surface area contributed by atoms with E-state index >= 15 is 0 Å². The smallest absolute Gasteiger partial charge is 0.240 e. The SMILES string of the molecule is COc1ccc(-c2ccc(S(=O)(=O)NCc3ccnc4ccccc34)cc2Cl)c(C)c1. The monoisotopic (exact) mass is 452 g/mol. The van der Waals surface area contributed by atoms with Gasteiger partial charge in [-0.2, -0.15) is 0 Å². The summed E-state index contributed by atoms with van der Waals surface area (Å²) >= 11 is 6.48. The number of nitrogens with one attached hydrogen (secondary N) is 1. The summed E-state index contributed by atoms with van der Waals surface area (Å²) in [5.41, 5.74) is 4.35. The number of para-hydroxylation sites is 1. The fourth-order valence-corrected chi connectivity index (χ4v) is 4.89. The maximum absolute atomic E-state index is 12.9. The van der Waals surface area contributed by atoms with E-state index in [1.54, 1.807) is 25.4 Å². The molecule has 5 nitrogen and oxygen atoms in total. The van der Waals surface area contributed by atoms with Gasteiger partial charge in [0.05, 0.1) is 17.5 Å². The lowest BCUT2D eigenvalue weighted by Crippen LogP contribution is -2.23. The van der Waals surface area contributed by atoms with Crippen LogP contribution in [0.1, 0.15) is 11.1 Å². The Morgan fingerprint density at radius 1 is 1.00 bits per heavy atom. The second-order valence-corrected chi connectivity index (χ2v) is 9.31. The lowest BCUT2D eigenvalue weighted by atomic mass is 10.0. The Bertz CT molecular complexity index is 1370. The van der Waals surface area contributed by atoms with E-state index in [1.807, 2.05) is 55.5 Å². The van der Waals surface area contributed by atoms with Crippen LogP contribution in [0.5, 0.6) is 5.75 Å². The summed E-state index contributed by atoms with van der Waals surface area (Å²) in [6.45, 7) is 2.11. The van der Waals surface area contributed by atoms with Crippen molar-refractivity contribution in [3.63, 3.8) is 0 Å². The molecule has 0 aliphatic carbocycles. The number of benzene rings is 3. The van der Waals surface area contributed by atoms with Gasteiger partial charge in [0.1, 0.15) is 5.75 Å². The van der Waals surface area contributed by atoms with Gasteiger partial charge in [0.15, 0.2) is 0 Å². The molecule has 0 atom stereocenters. The van der Waals surface area contributed by atoms with Crippen LogP contribution < -0.4 is 9.46 Å². The summed E-state index contributed by atoms with van der Waals surface area (Å²) in [6, 6.07) is 19.9. The number of nitrogens with zero attached hydrogens (tertiary/aromatic N) is 1. The molecule has 7 heteroatoms. The van der Waals surface area contributed by atoms with Crippen LogP contribution in [0.2, 0.25) is 5.02 Å². The Labute approximate surface area is 186 Å². The highest BCUT2D eigenvalue weighted by atomic mass is 35.5. The van der Waals surface area contributed by atoms with Gasteiger partial charge in [0.25, 0.3) is 0 Å². The number of ether oxygens (including phenoxy) is 1. The van der Waals surface area contributed by atoms with E-state index < -0.39 is 10.0 Å². The molecular weight excluding hydrogens is 432 g/mol. The van der Waals surface area contributed by atoms with Gasteiger partial charge in [-0.3, -0.25) is 4.98 Å². The number of rotatable bonds is 6. The summed E-state index contributed by atoms with van der Waals surface area (Å²) < 4.78 is 33.7. The molecule has 0 amide bonds. The molecule has 4 aromatic rings. The van der Waals surface area contributed by atoms with Crippen LogP contribution in [0.3, 0.4) is 0 Å². The van der Waals surface area contributed by atoms with Gasteiger partial charge in [-0.05, 0) is 60.0 Å². The molecular formula is C24H21ClN2O3S. The Morgan fingerprint density at radius 2 is 1.77 bits per heavy atom. The predicted octanol–water partition coefficient (Wildman–Crippen LogP) is 5.35. The van der Waals surface area contributed by atoms with Gasteiger partial charge < -0.3 is 4.74 Å². The zero-order valence-electron chi connectivity index (χ0n) is 17.1. The second-order valence-electron chi connectivity index (χ2n) is 7.13. The fourth-order valence-electron chi connectivity index (χ4n) is 3.51. The van der Waals surface area contributed by atoms with E-state index in [9.17, 15) is 8.42 Å². The van der Waals surface area contributed by atoms with Crippen molar-refractivity contribution in [3.8, 4) is 16.9 Å². The molecule has 0 radical (unpaired) electrons. The number of methoxy groups -OCH3 is 1. The van der Waals surface area contributed by atoms with Crippen LogP contribution in [0.15, 0.2) is 77.8 Å². The number of hydrogen-bond acceptors (Lipinski definition) is 4. The largest absolute Gasteiger partial charge is 0.497 e. The molecule has 0 unspecified atom stereocenters. The van der Waals surface area contributed by atoms with Crippen LogP contribution in [0.4, 0.5) is 0 Å². The average molecular weight is 453 g/mol. The summed E-state index contributed by atoms with van der Waals surface area (Å²) in [6.07, 6.45) is 1.68.